The minimum Gasteiger partial charge on any atom is -0.0623 e. The van der Waals surface area contributed by atoms with Crippen LogP contribution in [0.3, 0.4) is 0 Å². The average Bonchev–Trinajstić information content (AvgIpc) is 0.868. The van der Waals surface area contributed by atoms with Crippen molar-refractivity contribution in [2.24, 2.45) is 0 Å². The van der Waals surface area contributed by atoms with Crippen molar-refractivity contribution in [3.8, 4) is 33.4 Å². The van der Waals surface area contributed by atoms with E-state index in [2.05, 4.69) is 352 Å². The number of benzene rings is 16. The van der Waals surface area contributed by atoms with E-state index in [9.17, 15) is 0 Å². The van der Waals surface area contributed by atoms with Crippen LogP contribution in [0.15, 0.2) is 352 Å². The van der Waals surface area contributed by atoms with E-state index >= 15 is 0 Å². The van der Waals surface area contributed by atoms with Gasteiger partial charge in [0.2, 0.25) is 0 Å². The van der Waals surface area contributed by atoms with Crippen LogP contribution in [0, 0.1) is 0 Å². The summed E-state index contributed by atoms with van der Waals surface area (Å²) < 4.78 is 0. The zero-order chi connectivity index (χ0) is 57.0. The molecule has 16 aromatic rings. The normalized spacial score (nSPS) is 12.0. The van der Waals surface area contributed by atoms with Gasteiger partial charge in [0, 0.05) is 0 Å². The molecule has 16 aromatic carbocycles. The molecule has 0 radical (unpaired) electrons. The summed E-state index contributed by atoms with van der Waals surface area (Å²) in [5.74, 6) is 0. The van der Waals surface area contributed by atoms with Crippen LogP contribution in [0.25, 0.3) is 98.0 Å². The van der Waals surface area contributed by atoms with Crippen LogP contribution >= 0.6 is 0 Å². The van der Waals surface area contributed by atoms with Crippen molar-refractivity contribution in [3.63, 3.8) is 0 Å². The summed E-state index contributed by atoms with van der Waals surface area (Å²) in [5, 5.41) is 25.9. The molecule has 402 valence electrons. The highest BCUT2D eigenvalue weighted by atomic mass is 28.3. The average molecular weight is 1120 g/mol. The Bertz CT molecular complexity index is 4560. The molecule has 0 atom stereocenters. The summed E-state index contributed by atoms with van der Waals surface area (Å²) in [5.41, 5.74) is 7.47. The van der Waals surface area contributed by atoms with Crippen molar-refractivity contribution in [3.05, 3.63) is 352 Å². The molecule has 0 unspecified atom stereocenters. The minimum absolute atomic E-state index is 1.21. The first-order valence-corrected chi connectivity index (χ1v) is 34.0. The topological polar surface area (TPSA) is 0 Å². The quantitative estimate of drug-likeness (QED) is 0.0688. The van der Waals surface area contributed by atoms with Gasteiger partial charge in [-0.15, -0.1) is 0 Å². The predicted octanol–water partition coefficient (Wildman–Crippen LogP) is 16.4. The summed E-state index contributed by atoms with van der Waals surface area (Å²) in [7, 11) is -5.43. The lowest BCUT2D eigenvalue weighted by Crippen LogP contribution is -2.74. The van der Waals surface area contributed by atoms with Crippen LogP contribution in [0.2, 0.25) is 0 Å². The lowest BCUT2D eigenvalue weighted by atomic mass is 9.81. The zero-order valence-corrected chi connectivity index (χ0v) is 49.5. The Morgan fingerprint density at radius 1 is 0.140 bits per heavy atom. The van der Waals surface area contributed by atoms with Crippen LogP contribution < -0.4 is 41.5 Å². The van der Waals surface area contributed by atoms with Crippen molar-refractivity contribution < 1.29 is 0 Å². The second-order valence-electron chi connectivity index (χ2n) is 22.9. The van der Waals surface area contributed by atoms with E-state index in [1.54, 1.807) is 0 Å². The van der Waals surface area contributed by atoms with Crippen molar-refractivity contribution in [1.82, 2.24) is 0 Å². The van der Waals surface area contributed by atoms with Gasteiger partial charge in [-0.1, -0.05) is 340 Å². The maximum absolute atomic E-state index is 2.72. The minimum atomic E-state index is -2.72. The second-order valence-corrected chi connectivity index (χ2v) is 30.6. The standard InChI is InChI=1S/C84H58Si2/c1-7-27-65(28-8-1)85(66-29-9-2-10-30-66,67-31-11-3-12-32-67)71-53-51-59-55-63(49-47-61(59)57-71)81-73-39-19-23-43-77(73)83(78-44-24-20-40-74(78)81)84-79-45-25-21-41-75(79)82(76-42-22-26-46-80(76)84)64-50-48-62-58-72(54-52-60(62)56-64)86(68-33-13-4-14-34-68,69-35-15-5-16-36-69)70-37-17-6-18-38-70/h1-58H. The Morgan fingerprint density at radius 2 is 0.337 bits per heavy atom. The molecule has 0 aromatic heterocycles. The van der Waals surface area contributed by atoms with Crippen molar-refractivity contribution in [2.75, 3.05) is 0 Å². The fourth-order valence-electron chi connectivity index (χ4n) is 14.8. The molecule has 0 spiro atoms. The van der Waals surface area contributed by atoms with Crippen LogP contribution in [-0.2, 0) is 0 Å². The maximum atomic E-state index is 2.49. The molecule has 0 nitrogen and oxygen atoms in total. The number of hydrogen-bond acceptors (Lipinski definition) is 0. The van der Waals surface area contributed by atoms with Gasteiger partial charge in [0.15, 0.2) is 16.1 Å². The highest BCUT2D eigenvalue weighted by molar-refractivity contribution is 7.20. The third kappa shape index (κ3) is 8.17. The Labute approximate surface area is 504 Å². The van der Waals surface area contributed by atoms with E-state index in [4.69, 9.17) is 0 Å². The van der Waals surface area contributed by atoms with Crippen LogP contribution in [0.5, 0.6) is 0 Å². The van der Waals surface area contributed by atoms with Crippen LogP contribution in [-0.4, -0.2) is 16.1 Å². The molecule has 86 heavy (non-hydrogen) atoms. The molecule has 0 aliphatic carbocycles. The van der Waals surface area contributed by atoms with Gasteiger partial charge in [-0.2, -0.15) is 0 Å². The summed E-state index contributed by atoms with van der Waals surface area (Å²) in [6.45, 7) is 0. The van der Waals surface area contributed by atoms with Gasteiger partial charge >= 0.3 is 0 Å². The molecule has 0 fully saturated rings. The van der Waals surface area contributed by atoms with Gasteiger partial charge in [-0.25, -0.2) is 0 Å². The lowest BCUT2D eigenvalue weighted by Gasteiger charge is -2.34. The molecule has 16 rings (SSSR count). The Kier molecular flexibility index (Phi) is 12.7. The molecule has 0 N–H and O–H groups in total. The van der Waals surface area contributed by atoms with E-state index < -0.39 is 16.1 Å². The largest absolute Gasteiger partial charge is 0.179 e. The molecule has 2 heteroatoms. The van der Waals surface area contributed by atoms with E-state index in [1.807, 2.05) is 0 Å². The fraction of sp³-hybridized carbons (Fsp3) is 0. The van der Waals surface area contributed by atoms with Gasteiger partial charge in [0.25, 0.3) is 0 Å². The molecule has 0 aliphatic rings. The number of fused-ring (bicyclic) bond motifs is 6. The molecule has 0 amide bonds. The van der Waals surface area contributed by atoms with Gasteiger partial charge < -0.3 is 0 Å². The summed E-state index contributed by atoms with van der Waals surface area (Å²) >= 11 is 0. The smallest absolute Gasteiger partial charge is 0.0623 e. The third-order valence-corrected chi connectivity index (χ3v) is 28.0. The van der Waals surface area contributed by atoms with Crippen molar-refractivity contribution >= 4 is 122 Å². The summed E-state index contributed by atoms with van der Waals surface area (Å²) in [6.07, 6.45) is 0. The first-order valence-electron chi connectivity index (χ1n) is 30.0. The number of hydrogen-bond donors (Lipinski definition) is 0. The van der Waals surface area contributed by atoms with Crippen molar-refractivity contribution in [2.45, 2.75) is 0 Å². The molecule has 0 bridgehead atoms. The summed E-state index contributed by atoms with van der Waals surface area (Å²) in [4.78, 5) is 0. The SMILES string of the molecule is c1ccc([Si](c2ccccc2)(c2ccccc2)c2ccc3cc(-c4c5ccccc5c(-c5c6ccccc6c(-c6ccc7cc([Si](c8ccccc8)(c8ccccc8)c8ccccc8)ccc7c6)c6ccccc56)c5ccccc45)ccc3c2)cc1. The predicted molar refractivity (Wildman–Crippen MR) is 375 cm³/mol. The number of rotatable bonds is 11. The zero-order valence-electron chi connectivity index (χ0n) is 47.5. The molecule has 0 saturated carbocycles. The molecular weight excluding hydrogens is 1070 g/mol. The lowest BCUT2D eigenvalue weighted by molar-refractivity contribution is 1.67. The van der Waals surface area contributed by atoms with Gasteiger partial charge in [0.1, 0.15) is 0 Å². The van der Waals surface area contributed by atoms with Crippen LogP contribution in [0.4, 0.5) is 0 Å². The highest BCUT2D eigenvalue weighted by Gasteiger charge is 2.43. The Hall–Kier alpha value is -10.5. The Balaban J connectivity index is 0.856. The van der Waals surface area contributed by atoms with E-state index in [1.165, 1.54) is 140 Å². The van der Waals surface area contributed by atoms with Gasteiger partial charge in [-0.05, 0) is 152 Å². The first-order chi connectivity index (χ1) is 42.7. The van der Waals surface area contributed by atoms with E-state index in [0.717, 1.165) is 0 Å². The first kappa shape index (κ1) is 51.2. The van der Waals surface area contributed by atoms with Crippen LogP contribution in [0.1, 0.15) is 0 Å². The second kappa shape index (κ2) is 21.3. The fourth-order valence-corrected chi connectivity index (χ4v) is 24.4. The molecule has 0 aliphatic heterocycles. The monoisotopic (exact) mass is 1120 g/mol. The summed E-state index contributed by atoms with van der Waals surface area (Å²) in [6, 6.07) is 133. The van der Waals surface area contributed by atoms with Crippen molar-refractivity contribution in [1.29, 1.82) is 0 Å². The molecule has 0 heterocycles. The van der Waals surface area contributed by atoms with E-state index in [-0.39, 0.29) is 0 Å². The van der Waals surface area contributed by atoms with E-state index in [0.29, 0.717) is 0 Å². The molecule has 0 saturated heterocycles. The Morgan fingerprint density at radius 3 is 0.581 bits per heavy atom. The highest BCUT2D eigenvalue weighted by Crippen LogP contribution is 2.50. The third-order valence-electron chi connectivity index (χ3n) is 18.5. The van der Waals surface area contributed by atoms with Gasteiger partial charge in [0.05, 0.1) is 0 Å². The molecular formula is C84H58Si2. The maximum Gasteiger partial charge on any atom is 0.179 e. The van der Waals surface area contributed by atoms with Gasteiger partial charge in [-0.3, -0.25) is 0 Å².